The lowest BCUT2D eigenvalue weighted by molar-refractivity contribution is 0.149. The molecule has 0 bridgehead atoms. The third kappa shape index (κ3) is 1.99. The number of rotatable bonds is 2. The van der Waals surface area contributed by atoms with Crippen LogP contribution in [0, 0.1) is 0 Å². The molecule has 2 rings (SSSR count). The van der Waals surface area contributed by atoms with Gasteiger partial charge in [0.25, 0.3) is 0 Å². The van der Waals surface area contributed by atoms with Crippen LogP contribution in [0.3, 0.4) is 0 Å². The Morgan fingerprint density at radius 2 is 2.00 bits per heavy atom. The van der Waals surface area contributed by atoms with Gasteiger partial charge in [-0.3, -0.25) is 0 Å². The average molecular weight is 204 g/mol. The largest absolute Gasteiger partial charge is 0.493 e. The summed E-state index contributed by atoms with van der Waals surface area (Å²) in [6.45, 7) is 6.73. The molecule has 1 aromatic carbocycles. The van der Waals surface area contributed by atoms with E-state index in [1.807, 2.05) is 51.1 Å². The van der Waals surface area contributed by atoms with Crippen molar-refractivity contribution in [3.63, 3.8) is 0 Å². The van der Waals surface area contributed by atoms with Crippen molar-refractivity contribution in [1.29, 1.82) is 0 Å². The maximum atomic E-state index is 5.84. The molecular weight excluding hydrogens is 188 g/mol. The van der Waals surface area contributed by atoms with E-state index in [-0.39, 0.29) is 5.60 Å². The van der Waals surface area contributed by atoms with E-state index in [9.17, 15) is 0 Å². The first-order valence-electron chi connectivity index (χ1n) is 5.26. The summed E-state index contributed by atoms with van der Waals surface area (Å²) < 4.78 is 11.5. The van der Waals surface area contributed by atoms with Gasteiger partial charge in [-0.1, -0.05) is 12.1 Å². The van der Waals surface area contributed by atoms with Crippen LogP contribution >= 0.6 is 0 Å². The van der Waals surface area contributed by atoms with E-state index >= 15 is 0 Å². The molecule has 0 saturated heterocycles. The summed E-state index contributed by atoms with van der Waals surface area (Å²) in [5.41, 5.74) is 0.748. The fourth-order valence-electron chi connectivity index (χ4n) is 1.74. The SMILES string of the molecule is CCOC1=CC(C)(C)Oc2ccccc21. The molecular formula is C13H16O2. The molecule has 2 nitrogen and oxygen atoms in total. The summed E-state index contributed by atoms with van der Waals surface area (Å²) in [5, 5.41) is 0. The quantitative estimate of drug-likeness (QED) is 0.736. The van der Waals surface area contributed by atoms with Gasteiger partial charge in [0, 0.05) is 6.08 Å². The second kappa shape index (κ2) is 3.61. The molecule has 0 radical (unpaired) electrons. The highest BCUT2D eigenvalue weighted by atomic mass is 16.5. The van der Waals surface area contributed by atoms with Crippen molar-refractivity contribution in [2.45, 2.75) is 26.4 Å². The maximum absolute atomic E-state index is 5.84. The van der Waals surface area contributed by atoms with Crippen molar-refractivity contribution in [3.05, 3.63) is 35.9 Å². The average Bonchev–Trinajstić information content (AvgIpc) is 2.16. The Balaban J connectivity index is 2.45. The third-order valence-corrected chi connectivity index (χ3v) is 2.30. The van der Waals surface area contributed by atoms with Gasteiger partial charge in [0.05, 0.1) is 12.2 Å². The van der Waals surface area contributed by atoms with Crippen molar-refractivity contribution in [2.75, 3.05) is 6.61 Å². The van der Waals surface area contributed by atoms with Crippen LogP contribution in [0.15, 0.2) is 30.3 Å². The molecule has 80 valence electrons. The van der Waals surface area contributed by atoms with Crippen LogP contribution < -0.4 is 4.74 Å². The van der Waals surface area contributed by atoms with Gasteiger partial charge in [-0.15, -0.1) is 0 Å². The molecule has 0 unspecified atom stereocenters. The van der Waals surface area contributed by atoms with Crippen molar-refractivity contribution in [3.8, 4) is 5.75 Å². The van der Waals surface area contributed by atoms with Gasteiger partial charge in [0.15, 0.2) is 0 Å². The van der Waals surface area contributed by atoms with Crippen molar-refractivity contribution < 1.29 is 9.47 Å². The van der Waals surface area contributed by atoms with Gasteiger partial charge in [0.1, 0.15) is 17.1 Å². The molecule has 2 heteroatoms. The molecule has 1 heterocycles. The second-order valence-corrected chi connectivity index (χ2v) is 4.14. The smallest absolute Gasteiger partial charge is 0.131 e. The Bertz CT molecular complexity index is 391. The number of fused-ring (bicyclic) bond motifs is 1. The lowest BCUT2D eigenvalue weighted by Crippen LogP contribution is -2.29. The minimum absolute atomic E-state index is 0.293. The highest BCUT2D eigenvalue weighted by Gasteiger charge is 2.26. The lowest BCUT2D eigenvalue weighted by Gasteiger charge is -2.30. The molecule has 0 fully saturated rings. The molecule has 15 heavy (non-hydrogen) atoms. The summed E-state index contributed by atoms with van der Waals surface area (Å²) in [7, 11) is 0. The van der Waals surface area contributed by atoms with Crippen LogP contribution in [0.4, 0.5) is 0 Å². The molecule has 0 amide bonds. The van der Waals surface area contributed by atoms with E-state index in [2.05, 4.69) is 0 Å². The van der Waals surface area contributed by atoms with Crippen molar-refractivity contribution >= 4 is 5.76 Å². The molecule has 0 aliphatic carbocycles. The molecule has 0 aromatic heterocycles. The van der Waals surface area contributed by atoms with Gasteiger partial charge in [-0.05, 0) is 32.9 Å². The molecule has 1 aliphatic rings. The minimum Gasteiger partial charge on any atom is -0.493 e. The van der Waals surface area contributed by atoms with E-state index in [0.29, 0.717) is 6.61 Å². The zero-order valence-electron chi connectivity index (χ0n) is 9.41. The van der Waals surface area contributed by atoms with E-state index < -0.39 is 0 Å². The van der Waals surface area contributed by atoms with E-state index in [4.69, 9.17) is 9.47 Å². The number of benzene rings is 1. The van der Waals surface area contributed by atoms with Crippen molar-refractivity contribution in [1.82, 2.24) is 0 Å². The Kier molecular flexibility index (Phi) is 2.43. The first kappa shape index (κ1) is 10.1. The number of ether oxygens (including phenoxy) is 2. The van der Waals surface area contributed by atoms with Crippen LogP contribution in [-0.2, 0) is 4.74 Å². The van der Waals surface area contributed by atoms with Gasteiger partial charge in [-0.2, -0.15) is 0 Å². The van der Waals surface area contributed by atoms with Crippen LogP contribution in [0.1, 0.15) is 26.3 Å². The minimum atomic E-state index is -0.293. The van der Waals surface area contributed by atoms with Crippen LogP contribution in [-0.4, -0.2) is 12.2 Å². The van der Waals surface area contributed by atoms with E-state index in [0.717, 1.165) is 17.1 Å². The molecule has 0 N–H and O–H groups in total. The Hall–Kier alpha value is -1.44. The molecule has 1 aromatic rings. The second-order valence-electron chi connectivity index (χ2n) is 4.14. The normalized spacial score (nSPS) is 17.4. The fourth-order valence-corrected chi connectivity index (χ4v) is 1.74. The van der Waals surface area contributed by atoms with Crippen LogP contribution in [0.2, 0.25) is 0 Å². The summed E-state index contributed by atoms with van der Waals surface area (Å²) in [4.78, 5) is 0. The topological polar surface area (TPSA) is 18.5 Å². The summed E-state index contributed by atoms with van der Waals surface area (Å²) >= 11 is 0. The molecule has 0 saturated carbocycles. The number of hydrogen-bond acceptors (Lipinski definition) is 2. The standard InChI is InChI=1S/C13H16O2/c1-4-14-12-9-13(2,3)15-11-8-6-5-7-10(11)12/h5-9H,4H2,1-3H3. The summed E-state index contributed by atoms with van der Waals surface area (Å²) in [6, 6.07) is 7.96. The van der Waals surface area contributed by atoms with Gasteiger partial charge in [0.2, 0.25) is 0 Å². The zero-order valence-corrected chi connectivity index (χ0v) is 9.41. The van der Waals surface area contributed by atoms with Gasteiger partial charge < -0.3 is 9.47 Å². The number of hydrogen-bond donors (Lipinski definition) is 0. The van der Waals surface area contributed by atoms with E-state index in [1.54, 1.807) is 0 Å². The maximum Gasteiger partial charge on any atom is 0.131 e. The predicted octanol–water partition coefficient (Wildman–Crippen LogP) is 3.24. The monoisotopic (exact) mass is 204 g/mol. The Morgan fingerprint density at radius 1 is 1.27 bits per heavy atom. The molecule has 1 aliphatic heterocycles. The lowest BCUT2D eigenvalue weighted by atomic mass is 10.0. The van der Waals surface area contributed by atoms with Gasteiger partial charge >= 0.3 is 0 Å². The van der Waals surface area contributed by atoms with Crippen molar-refractivity contribution in [2.24, 2.45) is 0 Å². The van der Waals surface area contributed by atoms with Gasteiger partial charge in [-0.25, -0.2) is 0 Å². The highest BCUT2D eigenvalue weighted by molar-refractivity contribution is 5.68. The highest BCUT2D eigenvalue weighted by Crippen LogP contribution is 2.36. The zero-order chi connectivity index (χ0) is 10.9. The Morgan fingerprint density at radius 3 is 2.73 bits per heavy atom. The first-order chi connectivity index (χ1) is 7.12. The fraction of sp³-hybridized carbons (Fsp3) is 0.385. The van der Waals surface area contributed by atoms with E-state index in [1.165, 1.54) is 0 Å². The molecule has 0 spiro atoms. The predicted molar refractivity (Wildman–Crippen MR) is 60.8 cm³/mol. The molecule has 0 atom stereocenters. The summed E-state index contributed by atoms with van der Waals surface area (Å²) in [6.07, 6.45) is 2.03. The Labute approximate surface area is 90.5 Å². The summed E-state index contributed by atoms with van der Waals surface area (Å²) in [5.74, 6) is 1.82. The third-order valence-electron chi connectivity index (χ3n) is 2.30. The number of para-hydroxylation sites is 1. The van der Waals surface area contributed by atoms with Crippen LogP contribution in [0.5, 0.6) is 5.75 Å². The van der Waals surface area contributed by atoms with Crippen LogP contribution in [0.25, 0.3) is 5.76 Å². The first-order valence-corrected chi connectivity index (χ1v) is 5.26.